The molecule has 0 spiro atoms. The number of nitrogens with one attached hydrogen (secondary N) is 2. The van der Waals surface area contributed by atoms with Gasteiger partial charge in [0.1, 0.15) is 17.2 Å². The van der Waals surface area contributed by atoms with E-state index in [0.29, 0.717) is 19.0 Å². The minimum absolute atomic E-state index is 0.544. The molecule has 8 heteroatoms. The van der Waals surface area contributed by atoms with Gasteiger partial charge in [-0.1, -0.05) is 0 Å². The van der Waals surface area contributed by atoms with Gasteiger partial charge in [0.05, 0.1) is 39.3 Å². The van der Waals surface area contributed by atoms with Crippen molar-refractivity contribution in [2.75, 3.05) is 28.4 Å². The van der Waals surface area contributed by atoms with E-state index in [1.807, 2.05) is 59.4 Å². The summed E-state index contributed by atoms with van der Waals surface area (Å²) in [5.41, 5.74) is 2.87. The van der Waals surface area contributed by atoms with Crippen molar-refractivity contribution in [3.8, 4) is 22.9 Å². The molecule has 0 bridgehead atoms. The van der Waals surface area contributed by atoms with Crippen LogP contribution in [0.5, 0.6) is 17.2 Å². The van der Waals surface area contributed by atoms with Crippen LogP contribution in [0.3, 0.4) is 0 Å². The van der Waals surface area contributed by atoms with Crippen molar-refractivity contribution in [2.45, 2.75) is 13.1 Å². The van der Waals surface area contributed by atoms with Crippen molar-refractivity contribution in [1.82, 2.24) is 20.4 Å². The maximum Gasteiger partial charge on any atom is 0.191 e. The number of benzene rings is 2. The third-order valence-electron chi connectivity index (χ3n) is 4.58. The lowest BCUT2D eigenvalue weighted by Gasteiger charge is -2.14. The fourth-order valence-corrected chi connectivity index (χ4v) is 2.91. The van der Waals surface area contributed by atoms with Gasteiger partial charge < -0.3 is 24.8 Å². The van der Waals surface area contributed by atoms with Crippen LogP contribution < -0.4 is 24.8 Å². The number of ether oxygens (including phenoxy) is 3. The van der Waals surface area contributed by atoms with Crippen molar-refractivity contribution in [2.24, 2.45) is 4.99 Å². The highest BCUT2D eigenvalue weighted by atomic mass is 16.5. The molecule has 0 unspecified atom stereocenters. The Labute approximate surface area is 176 Å². The lowest BCUT2D eigenvalue weighted by molar-refractivity contribution is 0.390. The Balaban J connectivity index is 1.56. The molecule has 2 aromatic carbocycles. The summed E-state index contributed by atoms with van der Waals surface area (Å²) in [6.07, 6.45) is 1.93. The molecule has 1 aromatic heterocycles. The van der Waals surface area contributed by atoms with Crippen LogP contribution in [0.2, 0.25) is 0 Å². The smallest absolute Gasteiger partial charge is 0.191 e. The lowest BCUT2D eigenvalue weighted by Crippen LogP contribution is -2.36. The number of hydrogen-bond donors (Lipinski definition) is 2. The SMILES string of the molecule is CN=C(NCc1ccn(-c2ccc(OC)cc2)n1)NCc1ccc(OC)cc1OC. The summed E-state index contributed by atoms with van der Waals surface area (Å²) in [7, 11) is 6.66. The van der Waals surface area contributed by atoms with Crippen LogP contribution >= 0.6 is 0 Å². The van der Waals surface area contributed by atoms with E-state index >= 15 is 0 Å². The first-order valence-electron chi connectivity index (χ1n) is 9.51. The van der Waals surface area contributed by atoms with Gasteiger partial charge in [-0.15, -0.1) is 0 Å². The quantitative estimate of drug-likeness (QED) is 0.440. The first-order valence-corrected chi connectivity index (χ1v) is 9.51. The number of methoxy groups -OCH3 is 3. The number of aliphatic imine (C=N–C) groups is 1. The molecule has 1 heterocycles. The number of aromatic nitrogens is 2. The van der Waals surface area contributed by atoms with Gasteiger partial charge in [-0.3, -0.25) is 4.99 Å². The van der Waals surface area contributed by atoms with Crippen LogP contribution in [0.15, 0.2) is 59.7 Å². The predicted octanol–water partition coefficient (Wildman–Crippen LogP) is 2.76. The zero-order valence-corrected chi connectivity index (χ0v) is 17.7. The van der Waals surface area contributed by atoms with Crippen LogP contribution in [-0.4, -0.2) is 44.1 Å². The van der Waals surface area contributed by atoms with E-state index in [2.05, 4.69) is 20.7 Å². The van der Waals surface area contributed by atoms with Crippen LogP contribution in [0.1, 0.15) is 11.3 Å². The van der Waals surface area contributed by atoms with Crippen molar-refractivity contribution >= 4 is 5.96 Å². The number of hydrogen-bond acceptors (Lipinski definition) is 5. The second-order valence-electron chi connectivity index (χ2n) is 6.41. The van der Waals surface area contributed by atoms with Gasteiger partial charge in [0.25, 0.3) is 0 Å². The number of guanidine groups is 1. The topological polar surface area (TPSA) is 81.9 Å². The van der Waals surface area contributed by atoms with Crippen LogP contribution in [0.25, 0.3) is 5.69 Å². The predicted molar refractivity (Wildman–Crippen MR) is 117 cm³/mol. The van der Waals surface area contributed by atoms with E-state index in [1.165, 1.54) is 0 Å². The average molecular weight is 409 g/mol. The maximum atomic E-state index is 5.44. The van der Waals surface area contributed by atoms with Gasteiger partial charge in [-0.05, 0) is 42.5 Å². The molecule has 0 atom stereocenters. The number of rotatable bonds is 8. The van der Waals surface area contributed by atoms with E-state index in [4.69, 9.17) is 14.2 Å². The summed E-state index contributed by atoms with van der Waals surface area (Å²) in [6.45, 7) is 1.11. The first kappa shape index (κ1) is 21.0. The normalized spacial score (nSPS) is 11.1. The summed E-state index contributed by atoms with van der Waals surface area (Å²) < 4.78 is 17.7. The van der Waals surface area contributed by atoms with E-state index in [0.717, 1.165) is 34.2 Å². The molecule has 0 aliphatic heterocycles. The molecule has 0 fully saturated rings. The van der Waals surface area contributed by atoms with Gasteiger partial charge >= 0.3 is 0 Å². The zero-order valence-electron chi connectivity index (χ0n) is 17.7. The molecule has 0 amide bonds. The van der Waals surface area contributed by atoms with Crippen LogP contribution in [0, 0.1) is 0 Å². The third-order valence-corrected chi connectivity index (χ3v) is 4.58. The molecule has 0 saturated carbocycles. The molecule has 2 N–H and O–H groups in total. The standard InChI is InChI=1S/C22H27N5O3/c1-23-22(24-14-16-5-8-20(29-3)13-21(16)30-4)25-15-17-11-12-27(26-17)18-6-9-19(28-2)10-7-18/h5-13H,14-15H2,1-4H3,(H2,23,24,25). The highest BCUT2D eigenvalue weighted by molar-refractivity contribution is 5.79. The number of nitrogens with zero attached hydrogens (tertiary/aromatic N) is 3. The van der Waals surface area contributed by atoms with Crippen molar-refractivity contribution < 1.29 is 14.2 Å². The molecule has 0 aliphatic rings. The third kappa shape index (κ3) is 5.22. The summed E-state index contributed by atoms with van der Waals surface area (Å²) >= 11 is 0. The van der Waals surface area contributed by atoms with E-state index in [-0.39, 0.29) is 0 Å². The molecule has 0 aliphatic carbocycles. The summed E-state index contributed by atoms with van der Waals surface area (Å²) in [5, 5.41) is 11.2. The molecule has 0 saturated heterocycles. The Morgan fingerprint density at radius 1 is 0.900 bits per heavy atom. The minimum Gasteiger partial charge on any atom is -0.497 e. The Morgan fingerprint density at radius 3 is 2.27 bits per heavy atom. The second kappa shape index (κ2) is 10.2. The highest BCUT2D eigenvalue weighted by Crippen LogP contribution is 2.24. The Bertz CT molecular complexity index is 983. The van der Waals surface area contributed by atoms with E-state index in [1.54, 1.807) is 28.4 Å². The largest absolute Gasteiger partial charge is 0.497 e. The molecule has 8 nitrogen and oxygen atoms in total. The minimum atomic E-state index is 0.544. The maximum absolute atomic E-state index is 5.44. The van der Waals surface area contributed by atoms with E-state index < -0.39 is 0 Å². The summed E-state index contributed by atoms with van der Waals surface area (Å²) in [4.78, 5) is 4.27. The van der Waals surface area contributed by atoms with Gasteiger partial charge in [0.15, 0.2) is 5.96 Å². The summed E-state index contributed by atoms with van der Waals surface area (Å²) in [6, 6.07) is 15.5. The summed E-state index contributed by atoms with van der Waals surface area (Å²) in [5.74, 6) is 3.00. The van der Waals surface area contributed by atoms with Crippen molar-refractivity contribution in [1.29, 1.82) is 0 Å². The molecular weight excluding hydrogens is 382 g/mol. The van der Waals surface area contributed by atoms with E-state index in [9.17, 15) is 0 Å². The Kier molecular flexibility index (Phi) is 7.15. The van der Waals surface area contributed by atoms with Crippen LogP contribution in [0.4, 0.5) is 0 Å². The molecule has 0 radical (unpaired) electrons. The van der Waals surface area contributed by atoms with Crippen molar-refractivity contribution in [3.05, 3.63) is 66.0 Å². The van der Waals surface area contributed by atoms with Gasteiger partial charge in [0.2, 0.25) is 0 Å². The average Bonchev–Trinajstić information content (AvgIpc) is 3.28. The highest BCUT2D eigenvalue weighted by Gasteiger charge is 2.07. The molecule has 30 heavy (non-hydrogen) atoms. The van der Waals surface area contributed by atoms with Gasteiger partial charge in [0, 0.05) is 31.4 Å². The molecular formula is C22H27N5O3. The van der Waals surface area contributed by atoms with Gasteiger partial charge in [-0.25, -0.2) is 4.68 Å². The molecule has 3 aromatic rings. The Morgan fingerprint density at radius 2 is 1.60 bits per heavy atom. The monoisotopic (exact) mass is 409 g/mol. The fourth-order valence-electron chi connectivity index (χ4n) is 2.91. The second-order valence-corrected chi connectivity index (χ2v) is 6.41. The zero-order chi connectivity index (χ0) is 21.3. The van der Waals surface area contributed by atoms with Gasteiger partial charge in [-0.2, -0.15) is 5.10 Å². The first-order chi connectivity index (χ1) is 14.7. The lowest BCUT2D eigenvalue weighted by atomic mass is 10.2. The van der Waals surface area contributed by atoms with Crippen LogP contribution in [-0.2, 0) is 13.1 Å². The fraction of sp³-hybridized carbons (Fsp3) is 0.273. The Hall–Kier alpha value is -3.68. The van der Waals surface area contributed by atoms with Crippen molar-refractivity contribution in [3.63, 3.8) is 0 Å². The molecule has 158 valence electrons. The molecule has 3 rings (SSSR count).